The molecule has 0 N–H and O–H groups in total. The van der Waals surface area contributed by atoms with Gasteiger partial charge in [-0.25, -0.2) is 0 Å². The number of pyridine rings is 1. The summed E-state index contributed by atoms with van der Waals surface area (Å²) in [7, 11) is 0. The van der Waals surface area contributed by atoms with Gasteiger partial charge in [0, 0.05) is 42.5 Å². The second kappa shape index (κ2) is 6.90. The SMILES string of the molecule is Brc1cc2c(c3ccccc3n2-c2ccccc2)c2c1c1cccc3c4cccc5cccc(c54)n2c31. The van der Waals surface area contributed by atoms with E-state index in [1.807, 2.05) is 0 Å². The molecule has 0 aliphatic carbocycles. The van der Waals surface area contributed by atoms with Gasteiger partial charge in [0.05, 0.1) is 27.6 Å². The first-order valence-corrected chi connectivity index (χ1v) is 13.4. The molecule has 37 heavy (non-hydrogen) atoms. The van der Waals surface area contributed by atoms with Crippen molar-refractivity contribution in [2.75, 3.05) is 0 Å². The second-order valence-corrected chi connectivity index (χ2v) is 10.7. The van der Waals surface area contributed by atoms with E-state index in [-0.39, 0.29) is 0 Å². The van der Waals surface area contributed by atoms with Crippen molar-refractivity contribution in [1.29, 1.82) is 0 Å². The first-order chi connectivity index (χ1) is 18.3. The first kappa shape index (κ1) is 19.8. The lowest BCUT2D eigenvalue weighted by Gasteiger charge is -2.13. The normalized spacial score (nSPS) is 12.5. The second-order valence-electron chi connectivity index (χ2n) is 9.88. The summed E-state index contributed by atoms with van der Waals surface area (Å²) in [6, 6.07) is 42.0. The van der Waals surface area contributed by atoms with Crippen molar-refractivity contribution in [3.63, 3.8) is 0 Å². The molecule has 0 aliphatic heterocycles. The van der Waals surface area contributed by atoms with E-state index in [0.717, 1.165) is 4.47 Å². The summed E-state index contributed by atoms with van der Waals surface area (Å²) in [6.45, 7) is 0. The fourth-order valence-electron chi connectivity index (χ4n) is 6.70. The van der Waals surface area contributed by atoms with Crippen LogP contribution in [-0.4, -0.2) is 8.97 Å². The van der Waals surface area contributed by atoms with E-state index < -0.39 is 0 Å². The molecule has 172 valence electrons. The zero-order chi connectivity index (χ0) is 24.2. The summed E-state index contributed by atoms with van der Waals surface area (Å²) in [6.07, 6.45) is 0. The third-order valence-corrected chi connectivity index (χ3v) is 8.69. The van der Waals surface area contributed by atoms with Gasteiger partial charge in [-0.05, 0) is 57.0 Å². The molecule has 0 radical (unpaired) electrons. The Morgan fingerprint density at radius 1 is 0.459 bits per heavy atom. The maximum absolute atomic E-state index is 4.04. The van der Waals surface area contributed by atoms with Crippen LogP contribution in [0.3, 0.4) is 0 Å². The predicted octanol–water partition coefficient (Wildman–Crippen LogP) is 9.85. The Labute approximate surface area is 220 Å². The number of halogens is 1. The lowest BCUT2D eigenvalue weighted by atomic mass is 9.99. The summed E-state index contributed by atoms with van der Waals surface area (Å²) in [5.74, 6) is 0. The number of para-hydroxylation sites is 3. The molecular formula is C34H19BrN2. The highest BCUT2D eigenvalue weighted by Gasteiger charge is 2.24. The van der Waals surface area contributed by atoms with E-state index in [9.17, 15) is 0 Å². The molecule has 0 amide bonds. The number of benzene rings is 6. The molecule has 0 saturated heterocycles. The van der Waals surface area contributed by atoms with Gasteiger partial charge < -0.3 is 8.97 Å². The van der Waals surface area contributed by atoms with Crippen LogP contribution in [0.5, 0.6) is 0 Å². The molecule has 9 aromatic rings. The third kappa shape index (κ3) is 2.36. The standard InChI is InChI=1S/C34H19BrN2/c35-26-19-29-32(24-13-4-5-17-27(24)36(29)21-11-2-1-3-12-21)34-31(26)25-16-8-15-23-22-14-6-9-20-10-7-18-28(30(20)22)37(34)33(23)25/h1-19H. The van der Waals surface area contributed by atoms with Crippen LogP contribution in [0.2, 0.25) is 0 Å². The summed E-state index contributed by atoms with van der Waals surface area (Å²) in [5.41, 5.74) is 7.40. The van der Waals surface area contributed by atoms with Crippen molar-refractivity contribution in [3.05, 3.63) is 120 Å². The van der Waals surface area contributed by atoms with Crippen molar-refractivity contribution in [3.8, 4) is 5.69 Å². The monoisotopic (exact) mass is 534 g/mol. The first-order valence-electron chi connectivity index (χ1n) is 12.6. The fraction of sp³-hybridized carbons (Fsp3) is 0. The Morgan fingerprint density at radius 3 is 2.03 bits per heavy atom. The molecule has 3 aromatic heterocycles. The fourth-order valence-corrected chi connectivity index (χ4v) is 7.32. The number of fused-ring (bicyclic) bond motifs is 9. The number of rotatable bonds is 1. The van der Waals surface area contributed by atoms with Gasteiger partial charge >= 0.3 is 0 Å². The Morgan fingerprint density at radius 2 is 1.14 bits per heavy atom. The van der Waals surface area contributed by atoms with Crippen LogP contribution in [0.4, 0.5) is 0 Å². The lowest BCUT2D eigenvalue weighted by molar-refractivity contribution is 1.18. The number of hydrogen-bond acceptors (Lipinski definition) is 0. The zero-order valence-electron chi connectivity index (χ0n) is 19.7. The maximum atomic E-state index is 4.04. The van der Waals surface area contributed by atoms with Gasteiger partial charge in [0.1, 0.15) is 0 Å². The summed E-state index contributed by atoms with van der Waals surface area (Å²) < 4.78 is 6.05. The van der Waals surface area contributed by atoms with Gasteiger partial charge in [0.25, 0.3) is 0 Å². The average Bonchev–Trinajstić information content (AvgIpc) is 3.46. The molecule has 0 spiro atoms. The van der Waals surface area contributed by atoms with E-state index in [1.54, 1.807) is 0 Å². The predicted molar refractivity (Wildman–Crippen MR) is 161 cm³/mol. The molecule has 2 nitrogen and oxygen atoms in total. The molecule has 9 rings (SSSR count). The highest BCUT2D eigenvalue weighted by atomic mass is 79.9. The van der Waals surface area contributed by atoms with E-state index in [1.165, 1.54) is 76.4 Å². The van der Waals surface area contributed by atoms with E-state index >= 15 is 0 Å². The van der Waals surface area contributed by atoms with Crippen LogP contribution in [0.25, 0.3) is 76.4 Å². The molecule has 0 atom stereocenters. The highest BCUT2D eigenvalue weighted by molar-refractivity contribution is 9.10. The van der Waals surface area contributed by atoms with Crippen LogP contribution in [-0.2, 0) is 0 Å². The van der Waals surface area contributed by atoms with Gasteiger partial charge in [0.2, 0.25) is 0 Å². The molecular weight excluding hydrogens is 516 g/mol. The van der Waals surface area contributed by atoms with Crippen molar-refractivity contribution < 1.29 is 0 Å². The minimum atomic E-state index is 1.12. The van der Waals surface area contributed by atoms with Crippen molar-refractivity contribution in [2.45, 2.75) is 0 Å². The van der Waals surface area contributed by atoms with E-state index in [4.69, 9.17) is 0 Å². The number of aromatic nitrogens is 2. The smallest absolute Gasteiger partial charge is 0.0653 e. The van der Waals surface area contributed by atoms with Gasteiger partial charge in [-0.15, -0.1) is 0 Å². The molecule has 3 heterocycles. The van der Waals surface area contributed by atoms with Crippen LogP contribution >= 0.6 is 15.9 Å². The Kier molecular flexibility index (Phi) is 3.69. The lowest BCUT2D eigenvalue weighted by Crippen LogP contribution is -1.94. The molecule has 0 saturated carbocycles. The summed E-state index contributed by atoms with van der Waals surface area (Å²) >= 11 is 4.04. The molecule has 3 heteroatoms. The number of hydrogen-bond donors (Lipinski definition) is 0. The minimum Gasteiger partial charge on any atom is -0.309 e. The molecule has 6 aromatic carbocycles. The number of nitrogens with zero attached hydrogens (tertiary/aromatic N) is 2. The largest absolute Gasteiger partial charge is 0.309 e. The van der Waals surface area contributed by atoms with Crippen LogP contribution in [0.15, 0.2) is 120 Å². The Bertz CT molecular complexity index is 2350. The molecule has 0 fully saturated rings. The maximum Gasteiger partial charge on any atom is 0.0653 e. The van der Waals surface area contributed by atoms with Gasteiger partial charge in [-0.3, -0.25) is 0 Å². The molecule has 0 bridgehead atoms. The van der Waals surface area contributed by atoms with Crippen molar-refractivity contribution >= 4 is 86.6 Å². The molecule has 0 unspecified atom stereocenters. The Hall–Kier alpha value is -4.34. The van der Waals surface area contributed by atoms with Crippen LogP contribution in [0, 0.1) is 0 Å². The average molecular weight is 535 g/mol. The van der Waals surface area contributed by atoms with Crippen molar-refractivity contribution in [2.24, 2.45) is 0 Å². The third-order valence-electron chi connectivity index (χ3n) is 8.07. The van der Waals surface area contributed by atoms with Crippen LogP contribution < -0.4 is 0 Å². The Balaban J connectivity index is 1.68. The summed E-state index contributed by atoms with van der Waals surface area (Å²) in [5, 5.41) is 10.3. The van der Waals surface area contributed by atoms with E-state index in [0.29, 0.717) is 0 Å². The zero-order valence-corrected chi connectivity index (χ0v) is 21.3. The quantitative estimate of drug-likeness (QED) is 0.146. The van der Waals surface area contributed by atoms with Gasteiger partial charge in [-0.2, -0.15) is 0 Å². The minimum absolute atomic E-state index is 1.12. The van der Waals surface area contributed by atoms with Crippen molar-refractivity contribution in [1.82, 2.24) is 8.97 Å². The highest BCUT2D eigenvalue weighted by Crippen LogP contribution is 2.47. The topological polar surface area (TPSA) is 9.34 Å². The summed E-state index contributed by atoms with van der Waals surface area (Å²) in [4.78, 5) is 0. The van der Waals surface area contributed by atoms with Gasteiger partial charge in [-0.1, -0.05) is 84.9 Å². The van der Waals surface area contributed by atoms with Gasteiger partial charge in [0.15, 0.2) is 0 Å². The van der Waals surface area contributed by atoms with Crippen LogP contribution in [0.1, 0.15) is 0 Å². The van der Waals surface area contributed by atoms with E-state index in [2.05, 4.69) is 140 Å². The molecule has 0 aliphatic rings.